The number of hydrogen-bond donors (Lipinski definition) is 2. The number of aromatic nitrogens is 2. The van der Waals surface area contributed by atoms with E-state index in [2.05, 4.69) is 41.0 Å². The minimum Gasteiger partial charge on any atom is -0.370 e. The highest BCUT2D eigenvalue weighted by Gasteiger charge is 2.18. The average Bonchev–Trinajstić information content (AvgIpc) is 2.28. The first-order valence-corrected chi connectivity index (χ1v) is 5.95. The van der Waals surface area contributed by atoms with E-state index in [0.29, 0.717) is 6.54 Å². The van der Waals surface area contributed by atoms with Gasteiger partial charge in [-0.25, -0.2) is 9.97 Å². The first-order chi connectivity index (χ1) is 7.95. The van der Waals surface area contributed by atoms with Crippen molar-refractivity contribution < 1.29 is 0 Å². The lowest BCUT2D eigenvalue weighted by Gasteiger charge is -2.33. The van der Waals surface area contributed by atoms with Gasteiger partial charge in [0.15, 0.2) is 0 Å². The van der Waals surface area contributed by atoms with Gasteiger partial charge in [0.1, 0.15) is 18.0 Å². The van der Waals surface area contributed by atoms with Crippen LogP contribution in [0.25, 0.3) is 0 Å². The van der Waals surface area contributed by atoms with Gasteiger partial charge in [-0.05, 0) is 33.7 Å². The number of hydrogen-bond acceptors (Lipinski definition) is 5. The molecule has 0 atom stereocenters. The Morgan fingerprint density at radius 1 is 1.35 bits per heavy atom. The van der Waals surface area contributed by atoms with Gasteiger partial charge in [-0.2, -0.15) is 0 Å². The van der Waals surface area contributed by atoms with E-state index in [9.17, 15) is 0 Å². The molecule has 0 spiro atoms. The number of rotatable bonds is 5. The first kappa shape index (κ1) is 13.7. The number of nitrogens with two attached hydrogens (primary N) is 1. The monoisotopic (exact) mass is 237 g/mol. The second-order valence-corrected chi connectivity index (χ2v) is 5.06. The van der Waals surface area contributed by atoms with Crippen LogP contribution in [-0.2, 0) is 0 Å². The molecule has 1 rings (SSSR count). The molecule has 0 aliphatic heterocycles. The molecular formula is C12H23N5. The molecule has 0 saturated carbocycles. The molecule has 96 valence electrons. The molecule has 3 N–H and O–H groups in total. The fourth-order valence-corrected chi connectivity index (χ4v) is 1.29. The van der Waals surface area contributed by atoms with E-state index in [1.165, 1.54) is 0 Å². The van der Waals surface area contributed by atoms with E-state index in [0.717, 1.165) is 24.6 Å². The summed E-state index contributed by atoms with van der Waals surface area (Å²) in [7, 11) is 2.03. The van der Waals surface area contributed by atoms with Gasteiger partial charge in [0.25, 0.3) is 0 Å². The molecule has 0 fully saturated rings. The van der Waals surface area contributed by atoms with Crippen LogP contribution in [0.4, 0.5) is 11.6 Å². The highest BCUT2D eigenvalue weighted by Crippen LogP contribution is 2.20. The van der Waals surface area contributed by atoms with Gasteiger partial charge in [0.2, 0.25) is 0 Å². The third kappa shape index (κ3) is 4.19. The number of nitrogens with zero attached hydrogens (tertiary/aromatic N) is 3. The van der Waals surface area contributed by atoms with E-state index < -0.39 is 0 Å². The zero-order chi connectivity index (χ0) is 12.9. The van der Waals surface area contributed by atoms with E-state index in [4.69, 9.17) is 5.73 Å². The minimum absolute atomic E-state index is 0.0445. The molecule has 1 heterocycles. The molecule has 0 saturated heterocycles. The number of anilines is 2. The highest BCUT2D eigenvalue weighted by molar-refractivity contribution is 5.49. The van der Waals surface area contributed by atoms with Gasteiger partial charge in [0, 0.05) is 25.2 Å². The zero-order valence-electron chi connectivity index (χ0n) is 11.2. The molecule has 0 aromatic carbocycles. The second kappa shape index (κ2) is 5.82. The van der Waals surface area contributed by atoms with Crippen LogP contribution < -0.4 is 16.0 Å². The molecule has 1 aromatic heterocycles. The Kier molecular flexibility index (Phi) is 4.69. The topological polar surface area (TPSA) is 67.1 Å². The van der Waals surface area contributed by atoms with Crippen molar-refractivity contribution in [2.24, 2.45) is 5.73 Å². The Balaban J connectivity index is 2.72. The van der Waals surface area contributed by atoms with E-state index in [-0.39, 0.29) is 5.54 Å². The lowest BCUT2D eigenvalue weighted by Crippen LogP contribution is -2.38. The standard InChI is InChI=1S/C12H23N5/c1-12(2,3)17(4)11-8-10(15-9-16-11)14-7-5-6-13/h8-9H,5-7,13H2,1-4H3,(H,14,15,16). The molecule has 0 amide bonds. The highest BCUT2D eigenvalue weighted by atomic mass is 15.2. The van der Waals surface area contributed by atoms with Crippen LogP contribution >= 0.6 is 0 Å². The van der Waals surface area contributed by atoms with Crippen LogP contribution in [0, 0.1) is 0 Å². The molecule has 5 nitrogen and oxygen atoms in total. The Morgan fingerprint density at radius 2 is 2.06 bits per heavy atom. The smallest absolute Gasteiger partial charge is 0.134 e. The van der Waals surface area contributed by atoms with E-state index in [1.807, 2.05) is 13.1 Å². The zero-order valence-corrected chi connectivity index (χ0v) is 11.2. The maximum atomic E-state index is 5.45. The summed E-state index contributed by atoms with van der Waals surface area (Å²) in [6, 6.07) is 1.96. The Morgan fingerprint density at radius 3 is 2.65 bits per heavy atom. The molecule has 0 aliphatic carbocycles. The van der Waals surface area contributed by atoms with Crippen molar-refractivity contribution in [3.8, 4) is 0 Å². The fourth-order valence-electron chi connectivity index (χ4n) is 1.29. The van der Waals surface area contributed by atoms with Crippen LogP contribution in [0.15, 0.2) is 12.4 Å². The molecule has 5 heteroatoms. The largest absolute Gasteiger partial charge is 0.370 e. The maximum Gasteiger partial charge on any atom is 0.134 e. The van der Waals surface area contributed by atoms with Gasteiger partial charge < -0.3 is 16.0 Å². The van der Waals surface area contributed by atoms with Gasteiger partial charge in [-0.1, -0.05) is 0 Å². The molecule has 0 unspecified atom stereocenters. The van der Waals surface area contributed by atoms with Crippen molar-refractivity contribution in [1.82, 2.24) is 9.97 Å². The normalized spacial score (nSPS) is 11.4. The minimum atomic E-state index is 0.0445. The molecular weight excluding hydrogens is 214 g/mol. The molecule has 0 aliphatic rings. The predicted octanol–water partition coefficient (Wildman–Crippen LogP) is 1.47. The van der Waals surface area contributed by atoms with Crippen molar-refractivity contribution >= 4 is 11.6 Å². The summed E-state index contributed by atoms with van der Waals surface area (Å²) in [4.78, 5) is 10.6. The van der Waals surface area contributed by atoms with Crippen LogP contribution in [0.2, 0.25) is 0 Å². The third-order valence-electron chi connectivity index (χ3n) is 2.69. The lowest BCUT2D eigenvalue weighted by atomic mass is 10.1. The van der Waals surface area contributed by atoms with Crippen molar-refractivity contribution in [3.63, 3.8) is 0 Å². The van der Waals surface area contributed by atoms with E-state index in [1.54, 1.807) is 6.33 Å². The maximum absolute atomic E-state index is 5.45. The van der Waals surface area contributed by atoms with Gasteiger partial charge in [-0.15, -0.1) is 0 Å². The predicted molar refractivity (Wildman–Crippen MR) is 72.3 cm³/mol. The average molecular weight is 237 g/mol. The molecule has 0 radical (unpaired) electrons. The molecule has 0 bridgehead atoms. The van der Waals surface area contributed by atoms with Gasteiger partial charge in [0.05, 0.1) is 0 Å². The summed E-state index contributed by atoms with van der Waals surface area (Å²) >= 11 is 0. The molecule has 1 aromatic rings. The van der Waals surface area contributed by atoms with Crippen molar-refractivity contribution in [1.29, 1.82) is 0 Å². The summed E-state index contributed by atoms with van der Waals surface area (Å²) < 4.78 is 0. The number of nitrogens with one attached hydrogen (secondary N) is 1. The summed E-state index contributed by atoms with van der Waals surface area (Å²) in [5, 5.41) is 3.23. The lowest BCUT2D eigenvalue weighted by molar-refractivity contribution is 0.533. The summed E-state index contributed by atoms with van der Waals surface area (Å²) in [5.41, 5.74) is 5.49. The van der Waals surface area contributed by atoms with Crippen LogP contribution in [0.3, 0.4) is 0 Å². The quantitative estimate of drug-likeness (QED) is 0.759. The third-order valence-corrected chi connectivity index (χ3v) is 2.69. The summed E-state index contributed by atoms with van der Waals surface area (Å²) in [6.45, 7) is 7.98. The van der Waals surface area contributed by atoms with Gasteiger partial charge >= 0.3 is 0 Å². The molecule has 17 heavy (non-hydrogen) atoms. The van der Waals surface area contributed by atoms with E-state index >= 15 is 0 Å². The summed E-state index contributed by atoms with van der Waals surface area (Å²) in [6.07, 6.45) is 2.52. The summed E-state index contributed by atoms with van der Waals surface area (Å²) in [5.74, 6) is 1.77. The second-order valence-electron chi connectivity index (χ2n) is 5.06. The van der Waals surface area contributed by atoms with Crippen molar-refractivity contribution in [2.75, 3.05) is 30.4 Å². The van der Waals surface area contributed by atoms with Crippen LogP contribution in [0.1, 0.15) is 27.2 Å². The van der Waals surface area contributed by atoms with Crippen LogP contribution in [-0.4, -0.2) is 35.6 Å². The Hall–Kier alpha value is -1.36. The Bertz CT molecular complexity index is 345. The first-order valence-electron chi connectivity index (χ1n) is 5.95. The Labute approximate surface area is 103 Å². The van der Waals surface area contributed by atoms with Crippen molar-refractivity contribution in [2.45, 2.75) is 32.7 Å². The van der Waals surface area contributed by atoms with Crippen molar-refractivity contribution in [3.05, 3.63) is 12.4 Å². The van der Waals surface area contributed by atoms with Gasteiger partial charge in [-0.3, -0.25) is 0 Å². The van der Waals surface area contributed by atoms with Crippen LogP contribution in [0.5, 0.6) is 0 Å². The fraction of sp³-hybridized carbons (Fsp3) is 0.667. The SMILES string of the molecule is CN(c1cc(NCCCN)ncn1)C(C)(C)C.